The van der Waals surface area contributed by atoms with E-state index in [1.807, 2.05) is 0 Å². The van der Waals surface area contributed by atoms with Gasteiger partial charge in [-0.1, -0.05) is 64.0 Å². The summed E-state index contributed by atoms with van der Waals surface area (Å²) < 4.78 is 10.9. The van der Waals surface area contributed by atoms with Gasteiger partial charge in [0.2, 0.25) is 0 Å². The zero-order chi connectivity index (χ0) is 19.0. The summed E-state index contributed by atoms with van der Waals surface area (Å²) in [6.45, 7) is 2.63. The molecule has 0 unspecified atom stereocenters. The highest BCUT2D eigenvalue weighted by atomic mass is 16.6. The molecule has 1 aliphatic heterocycles. The summed E-state index contributed by atoms with van der Waals surface area (Å²) >= 11 is 0. The first kappa shape index (κ1) is 23.6. The van der Waals surface area contributed by atoms with Gasteiger partial charge in [0, 0.05) is 6.61 Å². The zero-order valence-electron chi connectivity index (χ0n) is 16.5. The SMILES string of the molecule is CCCCCCCCCC/C=C/CCCO[C@H](CO)[C@H]1OC[C@H](O)[C@H]1O. The lowest BCUT2D eigenvalue weighted by Gasteiger charge is -2.24. The van der Waals surface area contributed by atoms with E-state index in [0.717, 1.165) is 19.3 Å². The molecule has 0 spiro atoms. The second-order valence-corrected chi connectivity index (χ2v) is 7.32. The molecule has 0 radical (unpaired) electrons. The van der Waals surface area contributed by atoms with Crippen molar-refractivity contribution in [3.63, 3.8) is 0 Å². The Morgan fingerprint density at radius 1 is 0.962 bits per heavy atom. The molecule has 26 heavy (non-hydrogen) atoms. The second-order valence-electron chi connectivity index (χ2n) is 7.32. The molecule has 0 saturated carbocycles. The topological polar surface area (TPSA) is 79.2 Å². The van der Waals surface area contributed by atoms with Crippen LogP contribution in [0.1, 0.15) is 77.6 Å². The van der Waals surface area contributed by atoms with E-state index in [4.69, 9.17) is 9.47 Å². The lowest BCUT2D eigenvalue weighted by atomic mass is 10.1. The maximum atomic E-state index is 9.80. The molecule has 3 N–H and O–H groups in total. The van der Waals surface area contributed by atoms with Crippen LogP contribution in [0.25, 0.3) is 0 Å². The number of ether oxygens (including phenoxy) is 2. The molecule has 0 aromatic heterocycles. The summed E-state index contributed by atoms with van der Waals surface area (Å²) in [5.41, 5.74) is 0. The Hall–Kier alpha value is -0.460. The molecular weight excluding hydrogens is 332 g/mol. The van der Waals surface area contributed by atoms with E-state index in [2.05, 4.69) is 19.1 Å². The highest BCUT2D eigenvalue weighted by Crippen LogP contribution is 2.19. The van der Waals surface area contributed by atoms with E-state index in [1.165, 1.54) is 51.4 Å². The van der Waals surface area contributed by atoms with Gasteiger partial charge in [-0.05, 0) is 25.7 Å². The number of hydrogen-bond donors (Lipinski definition) is 3. The van der Waals surface area contributed by atoms with E-state index in [-0.39, 0.29) is 13.2 Å². The van der Waals surface area contributed by atoms with Crippen molar-refractivity contribution in [1.29, 1.82) is 0 Å². The molecule has 0 bridgehead atoms. The van der Waals surface area contributed by atoms with Crippen molar-refractivity contribution in [2.24, 2.45) is 0 Å². The molecular formula is C21H40O5. The number of unbranched alkanes of at least 4 members (excludes halogenated alkanes) is 9. The normalized spacial score (nSPS) is 24.5. The number of aliphatic hydroxyl groups is 3. The number of aliphatic hydroxyl groups excluding tert-OH is 3. The summed E-state index contributed by atoms with van der Waals surface area (Å²) in [6, 6.07) is 0. The quantitative estimate of drug-likeness (QED) is 0.286. The maximum absolute atomic E-state index is 9.80. The fourth-order valence-electron chi connectivity index (χ4n) is 3.27. The fraction of sp³-hybridized carbons (Fsp3) is 0.905. The lowest BCUT2D eigenvalue weighted by Crippen LogP contribution is -2.42. The van der Waals surface area contributed by atoms with Crippen LogP contribution < -0.4 is 0 Å². The van der Waals surface area contributed by atoms with Gasteiger partial charge < -0.3 is 24.8 Å². The Kier molecular flexibility index (Phi) is 14.1. The minimum atomic E-state index is -0.987. The van der Waals surface area contributed by atoms with Crippen LogP contribution >= 0.6 is 0 Å². The predicted molar refractivity (Wildman–Crippen MR) is 104 cm³/mol. The van der Waals surface area contributed by atoms with Crippen molar-refractivity contribution in [3.05, 3.63) is 12.2 Å². The average Bonchev–Trinajstić information content (AvgIpc) is 2.98. The lowest BCUT2D eigenvalue weighted by molar-refractivity contribution is -0.101. The summed E-state index contributed by atoms with van der Waals surface area (Å²) in [5, 5.41) is 28.7. The van der Waals surface area contributed by atoms with E-state index in [0.29, 0.717) is 6.61 Å². The van der Waals surface area contributed by atoms with Crippen molar-refractivity contribution in [1.82, 2.24) is 0 Å². The maximum Gasteiger partial charge on any atom is 0.114 e. The van der Waals surface area contributed by atoms with Gasteiger partial charge in [-0.2, -0.15) is 0 Å². The molecule has 1 rings (SSSR count). The molecule has 1 saturated heterocycles. The molecule has 5 nitrogen and oxygen atoms in total. The molecule has 4 atom stereocenters. The van der Waals surface area contributed by atoms with Gasteiger partial charge in [-0.15, -0.1) is 0 Å². The summed E-state index contributed by atoms with van der Waals surface area (Å²) in [6.07, 6.45) is 15.1. The van der Waals surface area contributed by atoms with Crippen LogP contribution in [-0.2, 0) is 9.47 Å². The molecule has 1 heterocycles. The molecule has 0 aromatic carbocycles. The summed E-state index contributed by atoms with van der Waals surface area (Å²) in [5.74, 6) is 0. The zero-order valence-corrected chi connectivity index (χ0v) is 16.5. The molecule has 0 aliphatic carbocycles. The molecule has 5 heteroatoms. The highest BCUT2D eigenvalue weighted by Gasteiger charge is 2.40. The largest absolute Gasteiger partial charge is 0.394 e. The fourth-order valence-corrected chi connectivity index (χ4v) is 3.27. The van der Waals surface area contributed by atoms with Crippen LogP contribution in [0.5, 0.6) is 0 Å². The van der Waals surface area contributed by atoms with Crippen molar-refractivity contribution in [3.8, 4) is 0 Å². The smallest absolute Gasteiger partial charge is 0.114 e. The monoisotopic (exact) mass is 372 g/mol. The van der Waals surface area contributed by atoms with Crippen molar-refractivity contribution < 1.29 is 24.8 Å². The molecule has 0 aromatic rings. The van der Waals surface area contributed by atoms with Gasteiger partial charge in [0.15, 0.2) is 0 Å². The number of allylic oxidation sites excluding steroid dienone is 2. The summed E-state index contributed by atoms with van der Waals surface area (Å²) in [4.78, 5) is 0. The molecule has 1 fully saturated rings. The van der Waals surface area contributed by atoms with Gasteiger partial charge in [-0.3, -0.25) is 0 Å². The van der Waals surface area contributed by atoms with Crippen LogP contribution in [-0.4, -0.2) is 59.6 Å². The first-order valence-corrected chi connectivity index (χ1v) is 10.6. The Bertz CT molecular complexity index is 347. The van der Waals surface area contributed by atoms with E-state index in [1.54, 1.807) is 0 Å². The average molecular weight is 373 g/mol. The van der Waals surface area contributed by atoms with Crippen LogP contribution in [0.15, 0.2) is 12.2 Å². The minimum absolute atomic E-state index is 0.0904. The van der Waals surface area contributed by atoms with Gasteiger partial charge in [0.1, 0.15) is 24.4 Å². The van der Waals surface area contributed by atoms with E-state index < -0.39 is 24.4 Å². The van der Waals surface area contributed by atoms with Crippen LogP contribution in [0.4, 0.5) is 0 Å². The van der Waals surface area contributed by atoms with Gasteiger partial charge in [0.05, 0.1) is 13.2 Å². The third-order valence-corrected chi connectivity index (χ3v) is 4.97. The molecule has 0 amide bonds. The summed E-state index contributed by atoms with van der Waals surface area (Å²) in [7, 11) is 0. The standard InChI is InChI=1S/C21H40O5/c1-2-3-4-5-6-7-8-9-10-11-12-13-14-15-25-19(16-22)21-20(24)18(23)17-26-21/h11-12,18-24H,2-10,13-17H2,1H3/b12-11+/t18-,19+,20+,21+/m0/s1. The molecule has 1 aliphatic rings. The Morgan fingerprint density at radius 2 is 1.58 bits per heavy atom. The van der Waals surface area contributed by atoms with Crippen molar-refractivity contribution in [2.45, 2.75) is 102 Å². The number of hydrogen-bond acceptors (Lipinski definition) is 5. The van der Waals surface area contributed by atoms with Gasteiger partial charge in [-0.25, -0.2) is 0 Å². The first-order chi connectivity index (χ1) is 12.7. The van der Waals surface area contributed by atoms with Crippen LogP contribution in [0.3, 0.4) is 0 Å². The predicted octanol–water partition coefficient (Wildman–Crippen LogP) is 3.35. The third kappa shape index (κ3) is 10.0. The third-order valence-electron chi connectivity index (χ3n) is 4.97. The van der Waals surface area contributed by atoms with Crippen LogP contribution in [0, 0.1) is 0 Å². The highest BCUT2D eigenvalue weighted by molar-refractivity contribution is 4.88. The van der Waals surface area contributed by atoms with Gasteiger partial charge in [0.25, 0.3) is 0 Å². The second kappa shape index (κ2) is 15.6. The molecule has 154 valence electrons. The van der Waals surface area contributed by atoms with Crippen LogP contribution in [0.2, 0.25) is 0 Å². The Morgan fingerprint density at radius 3 is 2.15 bits per heavy atom. The van der Waals surface area contributed by atoms with E-state index >= 15 is 0 Å². The number of rotatable bonds is 16. The minimum Gasteiger partial charge on any atom is -0.394 e. The van der Waals surface area contributed by atoms with Gasteiger partial charge >= 0.3 is 0 Å². The van der Waals surface area contributed by atoms with E-state index in [9.17, 15) is 15.3 Å². The Balaban J connectivity index is 1.94. The van der Waals surface area contributed by atoms with Crippen molar-refractivity contribution in [2.75, 3.05) is 19.8 Å². The first-order valence-electron chi connectivity index (χ1n) is 10.6. The Labute approximate surface area is 159 Å². The van der Waals surface area contributed by atoms with Crippen molar-refractivity contribution >= 4 is 0 Å².